The maximum atomic E-state index is 12.0. The molecule has 7 nitrogen and oxygen atoms in total. The van der Waals surface area contributed by atoms with Crippen LogP contribution in [0.4, 0.5) is 0 Å². The Bertz CT molecular complexity index is 717. The number of hydrogen-bond donors (Lipinski definition) is 1. The van der Waals surface area contributed by atoms with Gasteiger partial charge in [0.15, 0.2) is 0 Å². The molecule has 0 fully saturated rings. The van der Waals surface area contributed by atoms with Crippen molar-refractivity contribution in [1.82, 2.24) is 25.5 Å². The average Bonchev–Trinajstić information content (AvgIpc) is 3.03. The van der Waals surface area contributed by atoms with Gasteiger partial charge in [-0.05, 0) is 42.8 Å². The van der Waals surface area contributed by atoms with Crippen LogP contribution in [0.25, 0.3) is 11.4 Å². The first-order valence-electron chi connectivity index (χ1n) is 7.20. The van der Waals surface area contributed by atoms with E-state index in [-0.39, 0.29) is 12.5 Å². The molecule has 0 saturated carbocycles. The Morgan fingerprint density at radius 1 is 1.43 bits per heavy atom. The normalized spacial score (nSPS) is 13.0. The van der Waals surface area contributed by atoms with Crippen LogP contribution < -0.4 is 10.1 Å². The Morgan fingerprint density at radius 3 is 2.70 bits per heavy atom. The van der Waals surface area contributed by atoms with Gasteiger partial charge in [-0.1, -0.05) is 12.8 Å². The largest absolute Gasteiger partial charge is 0.497 e. The Kier molecular flexibility index (Phi) is 4.96. The van der Waals surface area contributed by atoms with Crippen molar-refractivity contribution >= 4 is 5.91 Å². The molecule has 120 valence electrons. The van der Waals surface area contributed by atoms with Gasteiger partial charge in [0.1, 0.15) is 12.3 Å². The second-order valence-corrected chi connectivity index (χ2v) is 5.25. The molecule has 1 aromatic carbocycles. The van der Waals surface area contributed by atoms with Gasteiger partial charge in [0, 0.05) is 5.56 Å². The molecule has 0 radical (unpaired) electrons. The summed E-state index contributed by atoms with van der Waals surface area (Å²) in [7, 11) is 1.60. The number of methoxy groups -OCH3 is 1. The quantitative estimate of drug-likeness (QED) is 0.812. The summed E-state index contributed by atoms with van der Waals surface area (Å²) < 4.78 is 5.10. The van der Waals surface area contributed by atoms with E-state index < -0.39 is 5.54 Å². The summed E-state index contributed by atoms with van der Waals surface area (Å²) in [6.45, 7) is 3.67. The first-order chi connectivity index (χ1) is 11.0. The van der Waals surface area contributed by atoms with Crippen molar-refractivity contribution in [3.05, 3.63) is 24.3 Å². The van der Waals surface area contributed by atoms with Crippen molar-refractivity contribution in [1.29, 1.82) is 0 Å². The zero-order valence-electron chi connectivity index (χ0n) is 13.4. The molecule has 1 aromatic heterocycles. The Morgan fingerprint density at radius 2 is 2.13 bits per heavy atom. The molecule has 23 heavy (non-hydrogen) atoms. The molecule has 0 aliphatic rings. The molecule has 1 atom stereocenters. The number of tetrazole rings is 1. The highest BCUT2D eigenvalue weighted by Crippen LogP contribution is 2.18. The Hall–Kier alpha value is -2.88. The van der Waals surface area contributed by atoms with Gasteiger partial charge in [-0.15, -0.1) is 16.6 Å². The lowest BCUT2D eigenvalue weighted by atomic mass is 10.0. The first kappa shape index (κ1) is 16.5. The first-order valence-corrected chi connectivity index (χ1v) is 7.20. The smallest absolute Gasteiger partial charge is 0.244 e. The molecule has 1 amide bonds. The molecular weight excluding hydrogens is 294 g/mol. The molecule has 2 rings (SSSR count). The van der Waals surface area contributed by atoms with E-state index >= 15 is 0 Å². The molecule has 1 N–H and O–H groups in total. The molecule has 0 aliphatic carbocycles. The summed E-state index contributed by atoms with van der Waals surface area (Å²) in [6.07, 6.45) is 6.07. The highest BCUT2D eigenvalue weighted by atomic mass is 16.5. The van der Waals surface area contributed by atoms with Gasteiger partial charge in [-0.2, -0.15) is 4.80 Å². The van der Waals surface area contributed by atoms with Gasteiger partial charge in [-0.3, -0.25) is 4.79 Å². The van der Waals surface area contributed by atoms with E-state index in [0.717, 1.165) is 11.3 Å². The maximum Gasteiger partial charge on any atom is 0.244 e. The lowest BCUT2D eigenvalue weighted by molar-refractivity contribution is -0.123. The number of hydrogen-bond acceptors (Lipinski definition) is 5. The molecule has 0 bridgehead atoms. The number of benzene rings is 1. The third-order valence-corrected chi connectivity index (χ3v) is 3.53. The number of nitrogens with one attached hydrogen (secondary N) is 1. The van der Waals surface area contributed by atoms with E-state index in [1.165, 1.54) is 4.80 Å². The van der Waals surface area contributed by atoms with Gasteiger partial charge in [0.2, 0.25) is 11.7 Å². The monoisotopic (exact) mass is 313 g/mol. The van der Waals surface area contributed by atoms with Crippen LogP contribution in [0.5, 0.6) is 5.75 Å². The fourth-order valence-electron chi connectivity index (χ4n) is 1.87. The minimum atomic E-state index is -0.670. The summed E-state index contributed by atoms with van der Waals surface area (Å²) in [5, 5.41) is 14.8. The fraction of sp³-hybridized carbons (Fsp3) is 0.375. The predicted octanol–water partition coefficient (Wildman–Crippen LogP) is 1.27. The van der Waals surface area contributed by atoms with Crippen molar-refractivity contribution < 1.29 is 9.53 Å². The number of aromatic nitrogens is 4. The third-order valence-electron chi connectivity index (χ3n) is 3.53. The summed E-state index contributed by atoms with van der Waals surface area (Å²) >= 11 is 0. The Labute approximate surface area is 135 Å². The van der Waals surface area contributed by atoms with Crippen molar-refractivity contribution in [2.45, 2.75) is 32.4 Å². The highest BCUT2D eigenvalue weighted by Gasteiger charge is 2.21. The molecule has 0 spiro atoms. The van der Waals surface area contributed by atoms with E-state index in [1.807, 2.05) is 31.2 Å². The van der Waals surface area contributed by atoms with Crippen molar-refractivity contribution in [3.8, 4) is 29.5 Å². The van der Waals surface area contributed by atoms with E-state index in [2.05, 4.69) is 26.6 Å². The van der Waals surface area contributed by atoms with Gasteiger partial charge in [0.05, 0.1) is 12.6 Å². The number of rotatable bonds is 6. The maximum absolute atomic E-state index is 12.0. The summed E-state index contributed by atoms with van der Waals surface area (Å²) in [5.41, 5.74) is 0.121. The number of carbonyl (C=O) groups excluding carboxylic acids is 1. The van der Waals surface area contributed by atoms with Crippen LogP contribution in [0.3, 0.4) is 0 Å². The number of nitrogens with zero attached hydrogens (tertiary/aromatic N) is 4. The fourth-order valence-corrected chi connectivity index (χ4v) is 1.87. The van der Waals surface area contributed by atoms with E-state index in [1.54, 1.807) is 14.0 Å². The van der Waals surface area contributed by atoms with Crippen LogP contribution in [-0.2, 0) is 11.3 Å². The average molecular weight is 313 g/mol. The topological polar surface area (TPSA) is 81.9 Å². The van der Waals surface area contributed by atoms with E-state index in [0.29, 0.717) is 12.2 Å². The SMILES string of the molecule is C#CC(C)(CC)NC(=O)Cn1nnc(-c2ccc(OC)cc2)n1. The van der Waals surface area contributed by atoms with Gasteiger partial charge < -0.3 is 10.1 Å². The lowest BCUT2D eigenvalue weighted by Crippen LogP contribution is -2.45. The zero-order chi connectivity index (χ0) is 16.9. The number of ether oxygens (including phenoxy) is 1. The number of terminal acetylenes is 1. The Balaban J connectivity index is 2.04. The second kappa shape index (κ2) is 6.92. The second-order valence-electron chi connectivity index (χ2n) is 5.25. The van der Waals surface area contributed by atoms with Gasteiger partial charge in [0.25, 0.3) is 0 Å². The van der Waals surface area contributed by atoms with Crippen LogP contribution in [0.15, 0.2) is 24.3 Å². The molecular formula is C16H19N5O2. The van der Waals surface area contributed by atoms with Gasteiger partial charge >= 0.3 is 0 Å². The van der Waals surface area contributed by atoms with Crippen LogP contribution >= 0.6 is 0 Å². The summed E-state index contributed by atoms with van der Waals surface area (Å²) in [5.74, 6) is 3.50. The third kappa shape index (κ3) is 4.07. The van der Waals surface area contributed by atoms with Crippen molar-refractivity contribution in [2.24, 2.45) is 0 Å². The molecule has 1 unspecified atom stereocenters. The van der Waals surface area contributed by atoms with Gasteiger partial charge in [-0.25, -0.2) is 0 Å². The zero-order valence-corrected chi connectivity index (χ0v) is 13.4. The molecule has 2 aromatic rings. The molecule has 0 saturated heterocycles. The van der Waals surface area contributed by atoms with Crippen molar-refractivity contribution in [2.75, 3.05) is 7.11 Å². The number of carbonyl (C=O) groups is 1. The molecule has 1 heterocycles. The highest BCUT2D eigenvalue weighted by molar-refractivity contribution is 5.77. The van der Waals surface area contributed by atoms with Crippen molar-refractivity contribution in [3.63, 3.8) is 0 Å². The van der Waals surface area contributed by atoms with E-state index in [9.17, 15) is 4.79 Å². The lowest BCUT2D eigenvalue weighted by Gasteiger charge is -2.22. The standard InChI is InChI=1S/C16H19N5O2/c1-5-16(3,6-2)17-14(22)11-21-19-15(18-20-21)12-7-9-13(23-4)10-8-12/h1,7-10H,6,11H2,2-4H3,(H,17,22). The van der Waals surface area contributed by atoms with Crippen LogP contribution in [-0.4, -0.2) is 38.8 Å². The molecule has 7 heteroatoms. The van der Waals surface area contributed by atoms with Crippen LogP contribution in [0.1, 0.15) is 20.3 Å². The minimum Gasteiger partial charge on any atom is -0.497 e. The summed E-state index contributed by atoms with van der Waals surface area (Å²) in [6, 6.07) is 7.27. The minimum absolute atomic E-state index is 0.0412. The van der Waals surface area contributed by atoms with E-state index in [4.69, 9.17) is 11.2 Å². The number of amides is 1. The van der Waals surface area contributed by atoms with Crippen LogP contribution in [0.2, 0.25) is 0 Å². The summed E-state index contributed by atoms with van der Waals surface area (Å²) in [4.78, 5) is 13.3. The van der Waals surface area contributed by atoms with Crippen LogP contribution in [0, 0.1) is 12.3 Å². The molecule has 0 aliphatic heterocycles. The predicted molar refractivity (Wildman–Crippen MR) is 85.5 cm³/mol.